The van der Waals surface area contributed by atoms with Crippen LogP contribution in [0, 0.1) is 0 Å². The lowest BCUT2D eigenvalue weighted by Crippen LogP contribution is -2.37. The van der Waals surface area contributed by atoms with Crippen LogP contribution in [0.25, 0.3) is 0 Å². The lowest BCUT2D eigenvalue weighted by Gasteiger charge is -2.38. The van der Waals surface area contributed by atoms with Crippen molar-refractivity contribution >= 4 is 22.8 Å². The number of hydrogen-bond acceptors (Lipinski definition) is 6. The topological polar surface area (TPSA) is 49.7 Å². The molecule has 0 spiro atoms. The Hall–Kier alpha value is -3.02. The van der Waals surface area contributed by atoms with Crippen LogP contribution in [-0.2, 0) is 12.8 Å². The lowest BCUT2D eigenvalue weighted by atomic mass is 9.90. The molecule has 0 saturated heterocycles. The van der Waals surface area contributed by atoms with E-state index in [1.165, 1.54) is 46.5 Å². The molecule has 0 unspecified atom stereocenters. The van der Waals surface area contributed by atoms with Crippen molar-refractivity contribution in [1.82, 2.24) is 0 Å². The minimum atomic E-state index is 0.915. The van der Waals surface area contributed by atoms with Crippen LogP contribution in [-0.4, -0.2) is 51.8 Å². The standard InChI is InChI=1S/C26H30N4O2/c1-31-19-13-17-5-3-9-29-11-7-23(21(15-19)25(17)29)27-28-24-8-12-30-10-4-6-18-14-20(32-2)16-22(24)26(18)30/h13-16H,3-12H2,1-2H3/b27-23+,28-24+. The molecule has 6 heteroatoms. The third-order valence-corrected chi connectivity index (χ3v) is 7.33. The third-order valence-electron chi connectivity index (χ3n) is 7.33. The van der Waals surface area contributed by atoms with Gasteiger partial charge in [0.2, 0.25) is 0 Å². The summed E-state index contributed by atoms with van der Waals surface area (Å²) in [6, 6.07) is 8.67. The summed E-state index contributed by atoms with van der Waals surface area (Å²) in [5.41, 5.74) is 9.97. The van der Waals surface area contributed by atoms with Crippen molar-refractivity contribution in [2.24, 2.45) is 10.2 Å². The highest BCUT2D eigenvalue weighted by atomic mass is 16.5. The minimum Gasteiger partial charge on any atom is -0.497 e. The average Bonchev–Trinajstić information content (AvgIpc) is 2.84. The van der Waals surface area contributed by atoms with Crippen molar-refractivity contribution in [3.63, 3.8) is 0 Å². The van der Waals surface area contributed by atoms with Gasteiger partial charge in [-0.2, -0.15) is 10.2 Å². The van der Waals surface area contributed by atoms with Crippen LogP contribution in [0.5, 0.6) is 11.5 Å². The molecular weight excluding hydrogens is 400 g/mol. The van der Waals surface area contributed by atoms with Gasteiger partial charge in [-0.3, -0.25) is 0 Å². The van der Waals surface area contributed by atoms with E-state index in [0.717, 1.165) is 74.8 Å². The number of ether oxygens (including phenoxy) is 2. The Labute approximate surface area is 189 Å². The van der Waals surface area contributed by atoms with Crippen LogP contribution >= 0.6 is 0 Å². The predicted molar refractivity (Wildman–Crippen MR) is 129 cm³/mol. The smallest absolute Gasteiger partial charge is 0.119 e. The van der Waals surface area contributed by atoms with Gasteiger partial charge < -0.3 is 19.3 Å². The molecule has 0 bridgehead atoms. The molecule has 166 valence electrons. The van der Waals surface area contributed by atoms with Crippen LogP contribution in [0.15, 0.2) is 34.5 Å². The zero-order valence-corrected chi connectivity index (χ0v) is 19.0. The van der Waals surface area contributed by atoms with Gasteiger partial charge in [-0.15, -0.1) is 0 Å². The van der Waals surface area contributed by atoms with Gasteiger partial charge in [0.1, 0.15) is 11.5 Å². The molecule has 0 N–H and O–H groups in total. The van der Waals surface area contributed by atoms with Gasteiger partial charge in [0.25, 0.3) is 0 Å². The Balaban J connectivity index is 1.44. The number of benzene rings is 2. The maximum Gasteiger partial charge on any atom is 0.119 e. The first-order chi connectivity index (χ1) is 15.7. The van der Waals surface area contributed by atoms with Crippen molar-refractivity contribution in [2.45, 2.75) is 38.5 Å². The molecule has 0 fully saturated rings. The molecular formula is C26H30N4O2. The van der Waals surface area contributed by atoms with Crippen LogP contribution in [0.4, 0.5) is 11.4 Å². The summed E-state index contributed by atoms with van der Waals surface area (Å²) in [7, 11) is 3.49. The fourth-order valence-corrected chi connectivity index (χ4v) is 5.81. The predicted octanol–water partition coefficient (Wildman–Crippen LogP) is 4.21. The van der Waals surface area contributed by atoms with Crippen molar-refractivity contribution in [3.05, 3.63) is 46.5 Å². The minimum absolute atomic E-state index is 0.915. The first-order valence-electron chi connectivity index (χ1n) is 11.8. The molecule has 4 aliphatic heterocycles. The van der Waals surface area contributed by atoms with Gasteiger partial charge in [0.05, 0.1) is 25.6 Å². The fourth-order valence-electron chi connectivity index (χ4n) is 5.81. The average molecular weight is 431 g/mol. The largest absolute Gasteiger partial charge is 0.497 e. The van der Waals surface area contributed by atoms with E-state index < -0.39 is 0 Å². The number of methoxy groups -OCH3 is 2. The van der Waals surface area contributed by atoms with Gasteiger partial charge in [0.15, 0.2) is 0 Å². The zero-order chi connectivity index (χ0) is 21.7. The Morgan fingerprint density at radius 3 is 1.53 bits per heavy atom. The highest BCUT2D eigenvalue weighted by Crippen LogP contribution is 2.40. The van der Waals surface area contributed by atoms with Crippen molar-refractivity contribution in [3.8, 4) is 11.5 Å². The summed E-state index contributed by atoms with van der Waals surface area (Å²) < 4.78 is 11.2. The molecule has 0 atom stereocenters. The monoisotopic (exact) mass is 430 g/mol. The molecule has 4 aliphatic rings. The summed E-state index contributed by atoms with van der Waals surface area (Å²) in [6.45, 7) is 4.27. The summed E-state index contributed by atoms with van der Waals surface area (Å²) in [4.78, 5) is 5.02. The zero-order valence-electron chi connectivity index (χ0n) is 19.0. The van der Waals surface area contributed by atoms with Crippen LogP contribution in [0.3, 0.4) is 0 Å². The highest BCUT2D eigenvalue weighted by molar-refractivity contribution is 6.11. The van der Waals surface area contributed by atoms with Gasteiger partial charge >= 0.3 is 0 Å². The Bertz CT molecular complexity index is 1050. The number of aryl methyl sites for hydroxylation is 2. The first-order valence-corrected chi connectivity index (χ1v) is 11.8. The Morgan fingerprint density at radius 1 is 0.625 bits per heavy atom. The maximum atomic E-state index is 5.61. The molecule has 6 nitrogen and oxygen atoms in total. The highest BCUT2D eigenvalue weighted by Gasteiger charge is 2.30. The second-order valence-electron chi connectivity index (χ2n) is 9.14. The van der Waals surface area contributed by atoms with E-state index in [-0.39, 0.29) is 0 Å². The first kappa shape index (κ1) is 19.6. The van der Waals surface area contributed by atoms with Crippen LogP contribution in [0.1, 0.15) is 47.9 Å². The Morgan fingerprint density at radius 2 is 1.09 bits per heavy atom. The number of rotatable bonds is 3. The maximum absolute atomic E-state index is 5.61. The number of anilines is 2. The molecule has 4 heterocycles. The molecule has 2 aromatic carbocycles. The van der Waals surface area contributed by atoms with Gasteiger partial charge in [-0.25, -0.2) is 0 Å². The molecule has 0 aliphatic carbocycles. The van der Waals surface area contributed by atoms with Crippen molar-refractivity contribution < 1.29 is 9.47 Å². The summed E-state index contributed by atoms with van der Waals surface area (Å²) in [5, 5.41) is 9.75. The second-order valence-corrected chi connectivity index (χ2v) is 9.14. The van der Waals surface area contributed by atoms with Crippen LogP contribution in [0.2, 0.25) is 0 Å². The van der Waals surface area contributed by atoms with E-state index in [1.807, 2.05) is 0 Å². The fraction of sp³-hybridized carbons (Fsp3) is 0.462. The summed E-state index contributed by atoms with van der Waals surface area (Å²) in [6.07, 6.45) is 6.43. The van der Waals surface area contributed by atoms with Crippen molar-refractivity contribution in [2.75, 3.05) is 50.2 Å². The molecule has 0 amide bonds. The van der Waals surface area contributed by atoms with E-state index in [2.05, 4.69) is 34.1 Å². The van der Waals surface area contributed by atoms with E-state index in [9.17, 15) is 0 Å². The number of hydrogen-bond donors (Lipinski definition) is 0. The molecule has 32 heavy (non-hydrogen) atoms. The van der Waals surface area contributed by atoms with Gasteiger partial charge in [-0.05, 0) is 61.1 Å². The second kappa shape index (κ2) is 7.84. The molecule has 6 rings (SSSR count). The van der Waals surface area contributed by atoms with E-state index in [0.29, 0.717) is 0 Å². The van der Waals surface area contributed by atoms with E-state index in [1.54, 1.807) is 14.2 Å². The normalized spacial score (nSPS) is 21.4. The SMILES string of the molecule is COc1cc2c3c(c1)/C(=N/N=C1\CCN4CCCc5cc(OC)cc1c54)CCN3CCC2. The van der Waals surface area contributed by atoms with Gasteiger partial charge in [0, 0.05) is 61.5 Å². The van der Waals surface area contributed by atoms with E-state index in [4.69, 9.17) is 19.7 Å². The molecule has 2 aromatic rings. The quantitative estimate of drug-likeness (QED) is 0.685. The lowest BCUT2D eigenvalue weighted by molar-refractivity contribution is 0.413. The molecule has 0 aromatic heterocycles. The van der Waals surface area contributed by atoms with Gasteiger partial charge in [-0.1, -0.05) is 0 Å². The molecule has 0 saturated carbocycles. The van der Waals surface area contributed by atoms with Crippen molar-refractivity contribution in [1.29, 1.82) is 0 Å². The molecule has 0 radical (unpaired) electrons. The third kappa shape index (κ3) is 3.15. The summed E-state index contributed by atoms with van der Waals surface area (Å²) >= 11 is 0. The van der Waals surface area contributed by atoms with E-state index >= 15 is 0 Å². The Kier molecular flexibility index (Phi) is 4.81. The van der Waals surface area contributed by atoms with Crippen LogP contribution < -0.4 is 19.3 Å². The summed E-state index contributed by atoms with van der Waals surface area (Å²) in [5.74, 6) is 1.83. The number of nitrogens with zero attached hydrogens (tertiary/aromatic N) is 4.